The van der Waals surface area contributed by atoms with Crippen LogP contribution < -0.4 is 10.1 Å². The first-order valence-corrected chi connectivity index (χ1v) is 6.48. The summed E-state index contributed by atoms with van der Waals surface area (Å²) in [5, 5.41) is 13.2. The predicted octanol–water partition coefficient (Wildman–Crippen LogP) is 2.24. The lowest BCUT2D eigenvalue weighted by Gasteiger charge is -2.27. The number of aliphatic imine (C=N–C) groups is 1. The lowest BCUT2D eigenvalue weighted by Crippen LogP contribution is -2.28. The lowest BCUT2D eigenvalue weighted by molar-refractivity contribution is 0.366. The number of phenolic OH excluding ortho intramolecular Hbond substituents is 1. The number of ether oxygens (including phenoxy) is 1. The molecule has 0 aromatic heterocycles. The van der Waals surface area contributed by atoms with Gasteiger partial charge in [-0.25, -0.2) is 0 Å². The molecular formula is C14H19ClN2O2. The van der Waals surface area contributed by atoms with Crippen LogP contribution in [0.25, 0.3) is 0 Å². The topological polar surface area (TPSA) is 53.9 Å². The predicted molar refractivity (Wildman–Crippen MR) is 77.9 cm³/mol. The Morgan fingerprint density at radius 1 is 1.42 bits per heavy atom. The number of methoxy groups -OCH3 is 1. The van der Waals surface area contributed by atoms with E-state index in [1.165, 1.54) is 5.56 Å². The normalized spacial score (nSPS) is 20.9. The zero-order valence-corrected chi connectivity index (χ0v) is 11.8. The van der Waals surface area contributed by atoms with E-state index < -0.39 is 0 Å². The highest BCUT2D eigenvalue weighted by atomic mass is 35.5. The first-order valence-electron chi connectivity index (χ1n) is 6.48. The van der Waals surface area contributed by atoms with Gasteiger partial charge in [0.05, 0.1) is 13.7 Å². The average molecular weight is 283 g/mol. The fourth-order valence-electron chi connectivity index (χ4n) is 3.01. The summed E-state index contributed by atoms with van der Waals surface area (Å²) in [5.41, 5.74) is 2.40. The van der Waals surface area contributed by atoms with Crippen molar-refractivity contribution in [2.45, 2.75) is 25.2 Å². The maximum atomic E-state index is 9.85. The largest absolute Gasteiger partial charge is 0.504 e. The zero-order valence-electron chi connectivity index (χ0n) is 11.0. The molecule has 1 aliphatic heterocycles. The second-order valence-corrected chi connectivity index (χ2v) is 4.82. The number of aromatic hydroxyl groups is 1. The molecule has 0 amide bonds. The summed E-state index contributed by atoms with van der Waals surface area (Å²) in [6, 6.07) is 3.74. The van der Waals surface area contributed by atoms with Crippen LogP contribution in [0, 0.1) is 0 Å². The summed E-state index contributed by atoms with van der Waals surface area (Å²) in [4.78, 5) is 4.54. The van der Waals surface area contributed by atoms with Crippen molar-refractivity contribution < 1.29 is 9.84 Å². The number of hydrogen-bond donors (Lipinski definition) is 2. The van der Waals surface area contributed by atoms with E-state index in [-0.39, 0.29) is 18.2 Å². The number of rotatable bonds is 2. The van der Waals surface area contributed by atoms with Gasteiger partial charge >= 0.3 is 0 Å². The Hall–Kier alpha value is -1.42. The van der Waals surface area contributed by atoms with E-state index in [4.69, 9.17) is 4.74 Å². The number of phenols is 1. The summed E-state index contributed by atoms with van der Waals surface area (Å²) < 4.78 is 5.34. The van der Waals surface area contributed by atoms with Crippen molar-refractivity contribution in [1.82, 2.24) is 5.32 Å². The van der Waals surface area contributed by atoms with Crippen LogP contribution in [0.2, 0.25) is 0 Å². The number of fused-ring (bicyclic) bond motifs is 1. The molecule has 2 aliphatic rings. The minimum Gasteiger partial charge on any atom is -0.504 e. The summed E-state index contributed by atoms with van der Waals surface area (Å²) in [5.74, 6) is 2.31. The number of nitrogens with one attached hydrogen (secondary N) is 1. The van der Waals surface area contributed by atoms with Crippen molar-refractivity contribution in [3.8, 4) is 11.5 Å². The molecule has 0 saturated carbocycles. The van der Waals surface area contributed by atoms with Crippen LogP contribution in [0.5, 0.6) is 11.5 Å². The van der Waals surface area contributed by atoms with Gasteiger partial charge in [0.25, 0.3) is 0 Å². The monoisotopic (exact) mass is 282 g/mol. The number of nitrogens with zero attached hydrogens (tertiary/aromatic N) is 1. The molecule has 104 valence electrons. The Kier molecular flexibility index (Phi) is 4.20. The SMILES string of the molecule is COc1c(O)ccc2c1CCCC2C1=NCCN1.Cl. The molecule has 0 bridgehead atoms. The molecule has 1 aromatic carbocycles. The third kappa shape index (κ3) is 2.37. The Morgan fingerprint density at radius 3 is 2.95 bits per heavy atom. The van der Waals surface area contributed by atoms with Crippen molar-refractivity contribution >= 4 is 18.2 Å². The van der Waals surface area contributed by atoms with Crippen molar-refractivity contribution in [1.29, 1.82) is 0 Å². The third-order valence-corrected chi connectivity index (χ3v) is 3.81. The molecule has 3 rings (SSSR count). The van der Waals surface area contributed by atoms with E-state index in [2.05, 4.69) is 10.3 Å². The molecule has 1 unspecified atom stereocenters. The van der Waals surface area contributed by atoms with Gasteiger partial charge in [-0.1, -0.05) is 6.07 Å². The maximum absolute atomic E-state index is 9.85. The summed E-state index contributed by atoms with van der Waals surface area (Å²) >= 11 is 0. The van der Waals surface area contributed by atoms with E-state index in [9.17, 15) is 5.11 Å². The van der Waals surface area contributed by atoms with E-state index in [1.807, 2.05) is 6.07 Å². The molecule has 2 N–H and O–H groups in total. The number of amidine groups is 1. The molecule has 5 heteroatoms. The van der Waals surface area contributed by atoms with Gasteiger partial charge in [-0.2, -0.15) is 0 Å². The van der Waals surface area contributed by atoms with Crippen molar-refractivity contribution in [2.24, 2.45) is 4.99 Å². The van der Waals surface area contributed by atoms with Crippen molar-refractivity contribution in [2.75, 3.05) is 20.2 Å². The van der Waals surface area contributed by atoms with Crippen LogP contribution in [-0.2, 0) is 6.42 Å². The molecule has 1 atom stereocenters. The van der Waals surface area contributed by atoms with Gasteiger partial charge in [-0.3, -0.25) is 4.99 Å². The Labute approximate surface area is 119 Å². The molecule has 0 radical (unpaired) electrons. The number of benzene rings is 1. The fourth-order valence-corrected chi connectivity index (χ4v) is 3.01. The average Bonchev–Trinajstić information content (AvgIpc) is 2.91. The van der Waals surface area contributed by atoms with Gasteiger partial charge in [0.1, 0.15) is 5.84 Å². The second kappa shape index (κ2) is 5.70. The van der Waals surface area contributed by atoms with Crippen LogP contribution in [0.1, 0.15) is 29.9 Å². The van der Waals surface area contributed by atoms with Crippen LogP contribution >= 0.6 is 12.4 Å². The van der Waals surface area contributed by atoms with E-state index >= 15 is 0 Å². The van der Waals surface area contributed by atoms with E-state index in [1.54, 1.807) is 13.2 Å². The first-order chi connectivity index (χ1) is 8.81. The molecule has 1 heterocycles. The molecule has 0 saturated heterocycles. The standard InChI is InChI=1S/C14H18N2O2.ClH/c1-18-13-10-3-2-4-11(14-15-7-8-16-14)9(10)5-6-12(13)17;/h5-6,11,17H,2-4,7-8H2,1H3,(H,15,16);1H. The first kappa shape index (κ1) is 14.0. The Bertz CT molecular complexity index is 502. The minimum atomic E-state index is 0. The smallest absolute Gasteiger partial charge is 0.163 e. The third-order valence-electron chi connectivity index (χ3n) is 3.81. The van der Waals surface area contributed by atoms with Crippen LogP contribution in [0.4, 0.5) is 0 Å². The Balaban J connectivity index is 0.00000133. The molecule has 0 fully saturated rings. The van der Waals surface area contributed by atoms with Gasteiger partial charge in [-0.15, -0.1) is 12.4 Å². The van der Waals surface area contributed by atoms with E-state index in [0.717, 1.165) is 43.8 Å². The van der Waals surface area contributed by atoms with Crippen molar-refractivity contribution in [3.05, 3.63) is 23.3 Å². The summed E-state index contributed by atoms with van der Waals surface area (Å²) in [6.07, 6.45) is 3.20. The molecule has 4 nitrogen and oxygen atoms in total. The Morgan fingerprint density at radius 2 is 2.26 bits per heavy atom. The maximum Gasteiger partial charge on any atom is 0.163 e. The molecule has 1 aliphatic carbocycles. The zero-order chi connectivity index (χ0) is 12.5. The quantitative estimate of drug-likeness (QED) is 0.875. The van der Waals surface area contributed by atoms with Crippen LogP contribution in [0.3, 0.4) is 0 Å². The highest BCUT2D eigenvalue weighted by molar-refractivity contribution is 5.91. The van der Waals surface area contributed by atoms with Gasteiger partial charge in [0.2, 0.25) is 0 Å². The summed E-state index contributed by atoms with van der Waals surface area (Å²) in [7, 11) is 1.62. The highest BCUT2D eigenvalue weighted by Crippen LogP contribution is 2.41. The number of hydrogen-bond acceptors (Lipinski definition) is 4. The van der Waals surface area contributed by atoms with Crippen LogP contribution in [0.15, 0.2) is 17.1 Å². The molecular weight excluding hydrogens is 264 g/mol. The molecule has 19 heavy (non-hydrogen) atoms. The fraction of sp³-hybridized carbons (Fsp3) is 0.500. The van der Waals surface area contributed by atoms with Gasteiger partial charge < -0.3 is 15.2 Å². The number of halogens is 1. The highest BCUT2D eigenvalue weighted by Gasteiger charge is 2.28. The summed E-state index contributed by atoms with van der Waals surface area (Å²) in [6.45, 7) is 1.81. The van der Waals surface area contributed by atoms with Gasteiger partial charge in [-0.05, 0) is 30.9 Å². The van der Waals surface area contributed by atoms with E-state index in [0.29, 0.717) is 11.7 Å². The molecule has 1 aromatic rings. The lowest BCUT2D eigenvalue weighted by atomic mass is 9.81. The van der Waals surface area contributed by atoms with Gasteiger partial charge in [0, 0.05) is 18.0 Å². The van der Waals surface area contributed by atoms with Gasteiger partial charge in [0.15, 0.2) is 11.5 Å². The van der Waals surface area contributed by atoms with Crippen LogP contribution in [-0.4, -0.2) is 31.1 Å². The molecule has 0 spiro atoms. The van der Waals surface area contributed by atoms with Crippen molar-refractivity contribution in [3.63, 3.8) is 0 Å². The second-order valence-electron chi connectivity index (χ2n) is 4.82. The minimum absolute atomic E-state index is 0.